The van der Waals surface area contributed by atoms with Crippen LogP contribution in [0, 0.1) is 0 Å². The van der Waals surface area contributed by atoms with Crippen molar-refractivity contribution in [3.8, 4) is 11.5 Å². The summed E-state index contributed by atoms with van der Waals surface area (Å²) in [5.41, 5.74) is 0.701. The van der Waals surface area contributed by atoms with E-state index in [2.05, 4.69) is 0 Å². The van der Waals surface area contributed by atoms with E-state index >= 15 is 0 Å². The van der Waals surface area contributed by atoms with E-state index in [1.54, 1.807) is 6.07 Å². The van der Waals surface area contributed by atoms with E-state index < -0.39 is 17.0 Å². The molecule has 6 heteroatoms. The number of aliphatic hydroxyl groups excluding tert-OH is 2. The first-order valence-corrected chi connectivity index (χ1v) is 6.31. The summed E-state index contributed by atoms with van der Waals surface area (Å²) in [7, 11) is 1.49. The molecule has 1 rings (SSSR count). The van der Waals surface area contributed by atoms with Crippen LogP contribution in [0.4, 0.5) is 0 Å². The summed E-state index contributed by atoms with van der Waals surface area (Å²) < 4.78 is 5.00. The lowest BCUT2D eigenvalue weighted by molar-refractivity contribution is 0.0878. The first-order valence-electron chi connectivity index (χ1n) is 5.43. The lowest BCUT2D eigenvalue weighted by Gasteiger charge is -2.16. The SMILES string of the molecule is COc1cc(O)cc(C[C@@H](O)C[C@@H](O)C(Cl)Cl)c1. The van der Waals surface area contributed by atoms with Crippen LogP contribution >= 0.6 is 23.2 Å². The molecule has 0 fully saturated rings. The van der Waals surface area contributed by atoms with Crippen LogP contribution in [0.3, 0.4) is 0 Å². The minimum absolute atomic E-state index is 0.0599. The first-order chi connectivity index (χ1) is 8.42. The molecule has 0 heterocycles. The number of aliphatic hydroxyl groups is 2. The fourth-order valence-corrected chi connectivity index (χ4v) is 1.82. The molecule has 0 aliphatic heterocycles. The van der Waals surface area contributed by atoms with Crippen LogP contribution in [0.25, 0.3) is 0 Å². The largest absolute Gasteiger partial charge is 0.508 e. The number of alkyl halides is 2. The van der Waals surface area contributed by atoms with Crippen molar-refractivity contribution in [2.45, 2.75) is 29.9 Å². The van der Waals surface area contributed by atoms with E-state index in [9.17, 15) is 15.3 Å². The number of rotatable bonds is 6. The van der Waals surface area contributed by atoms with Gasteiger partial charge in [0.1, 0.15) is 16.3 Å². The maximum absolute atomic E-state index is 9.78. The average molecular weight is 295 g/mol. The topological polar surface area (TPSA) is 69.9 Å². The van der Waals surface area contributed by atoms with Gasteiger partial charge in [-0.3, -0.25) is 0 Å². The van der Waals surface area contributed by atoms with Crippen LogP contribution in [-0.4, -0.2) is 39.5 Å². The van der Waals surface area contributed by atoms with Gasteiger partial charge in [0.15, 0.2) is 0 Å². The van der Waals surface area contributed by atoms with Gasteiger partial charge < -0.3 is 20.1 Å². The number of ether oxygens (including phenoxy) is 1. The van der Waals surface area contributed by atoms with E-state index in [1.807, 2.05) is 0 Å². The number of phenols is 1. The Labute approximate surface area is 116 Å². The maximum Gasteiger partial charge on any atom is 0.133 e. The van der Waals surface area contributed by atoms with Gasteiger partial charge >= 0.3 is 0 Å². The minimum Gasteiger partial charge on any atom is -0.508 e. The van der Waals surface area contributed by atoms with E-state index in [1.165, 1.54) is 19.2 Å². The zero-order chi connectivity index (χ0) is 13.7. The highest BCUT2D eigenvalue weighted by molar-refractivity contribution is 6.44. The van der Waals surface area contributed by atoms with Gasteiger partial charge in [0.05, 0.1) is 19.3 Å². The van der Waals surface area contributed by atoms with Crippen molar-refractivity contribution in [2.24, 2.45) is 0 Å². The molecule has 0 bridgehead atoms. The summed E-state index contributed by atoms with van der Waals surface area (Å²) in [5, 5.41) is 28.7. The lowest BCUT2D eigenvalue weighted by atomic mass is 10.0. The fourth-order valence-electron chi connectivity index (χ4n) is 1.62. The summed E-state index contributed by atoms with van der Waals surface area (Å²) in [6.07, 6.45) is -1.45. The molecular formula is C12H16Cl2O4. The van der Waals surface area contributed by atoms with Gasteiger partial charge in [-0.1, -0.05) is 0 Å². The molecule has 0 saturated heterocycles. The number of benzene rings is 1. The van der Waals surface area contributed by atoms with Crippen LogP contribution in [0.5, 0.6) is 11.5 Å². The Morgan fingerprint density at radius 2 is 1.89 bits per heavy atom. The molecule has 18 heavy (non-hydrogen) atoms. The molecule has 0 aliphatic carbocycles. The zero-order valence-corrected chi connectivity index (χ0v) is 11.4. The third kappa shape index (κ3) is 4.90. The molecule has 1 aromatic carbocycles. The van der Waals surface area contributed by atoms with Crippen molar-refractivity contribution in [3.63, 3.8) is 0 Å². The Kier molecular flexibility index (Phi) is 6.02. The smallest absolute Gasteiger partial charge is 0.133 e. The molecule has 0 amide bonds. The van der Waals surface area contributed by atoms with Gasteiger partial charge in [0.2, 0.25) is 0 Å². The number of hydrogen-bond donors (Lipinski definition) is 3. The number of hydrogen-bond acceptors (Lipinski definition) is 4. The lowest BCUT2D eigenvalue weighted by Crippen LogP contribution is -2.24. The van der Waals surface area contributed by atoms with Crippen molar-refractivity contribution in [1.82, 2.24) is 0 Å². The first kappa shape index (κ1) is 15.4. The molecule has 4 nitrogen and oxygen atoms in total. The van der Waals surface area contributed by atoms with Crippen LogP contribution in [0.2, 0.25) is 0 Å². The predicted octanol–water partition coefficient (Wildman–Crippen LogP) is 1.86. The van der Waals surface area contributed by atoms with E-state index in [-0.39, 0.29) is 18.6 Å². The van der Waals surface area contributed by atoms with Crippen molar-refractivity contribution in [3.05, 3.63) is 23.8 Å². The highest BCUT2D eigenvalue weighted by Gasteiger charge is 2.18. The molecular weight excluding hydrogens is 279 g/mol. The molecule has 0 aliphatic rings. The van der Waals surface area contributed by atoms with E-state index in [0.29, 0.717) is 11.3 Å². The third-order valence-corrected chi connectivity index (χ3v) is 3.04. The van der Waals surface area contributed by atoms with Crippen molar-refractivity contribution in [2.75, 3.05) is 7.11 Å². The summed E-state index contributed by atoms with van der Waals surface area (Å²) in [6.45, 7) is 0. The molecule has 3 N–H and O–H groups in total. The number of halogens is 2. The van der Waals surface area contributed by atoms with Gasteiger partial charge in [0, 0.05) is 12.5 Å². The Balaban J connectivity index is 2.63. The number of phenolic OH excluding ortho intramolecular Hbond substituents is 1. The second kappa shape index (κ2) is 7.04. The standard InChI is InChI=1S/C12H16Cl2O4/c1-18-10-4-7(2-8(15)5-10)3-9(16)6-11(17)12(13)14/h2,4-5,9,11-12,15-17H,3,6H2,1H3/t9-,11-/m1/s1. The van der Waals surface area contributed by atoms with Crippen LogP contribution < -0.4 is 4.74 Å². The van der Waals surface area contributed by atoms with Crippen molar-refractivity contribution >= 4 is 23.2 Å². The molecule has 0 radical (unpaired) electrons. The summed E-state index contributed by atoms with van der Waals surface area (Å²) >= 11 is 11.0. The number of aromatic hydroxyl groups is 1. The average Bonchev–Trinajstić information content (AvgIpc) is 2.27. The van der Waals surface area contributed by atoms with E-state index in [4.69, 9.17) is 27.9 Å². The molecule has 0 unspecified atom stereocenters. The highest BCUT2D eigenvalue weighted by atomic mass is 35.5. The Hall–Kier alpha value is -0.680. The zero-order valence-electron chi connectivity index (χ0n) is 9.88. The molecule has 102 valence electrons. The second-order valence-electron chi connectivity index (χ2n) is 4.03. The Morgan fingerprint density at radius 3 is 2.44 bits per heavy atom. The summed E-state index contributed by atoms with van der Waals surface area (Å²) in [6, 6.07) is 4.70. The van der Waals surface area contributed by atoms with Crippen molar-refractivity contribution in [1.29, 1.82) is 0 Å². The van der Waals surface area contributed by atoms with Gasteiger partial charge in [-0.2, -0.15) is 0 Å². The Bertz CT molecular complexity index is 384. The van der Waals surface area contributed by atoms with Crippen LogP contribution in [0.1, 0.15) is 12.0 Å². The normalized spacial score (nSPS) is 14.6. The Morgan fingerprint density at radius 1 is 1.22 bits per heavy atom. The molecule has 2 atom stereocenters. The predicted molar refractivity (Wildman–Crippen MR) is 70.5 cm³/mol. The molecule has 0 saturated carbocycles. The summed E-state index contributed by atoms with van der Waals surface area (Å²) in [4.78, 5) is -0.932. The van der Waals surface area contributed by atoms with Gasteiger partial charge in [-0.25, -0.2) is 0 Å². The van der Waals surface area contributed by atoms with Gasteiger partial charge in [0.25, 0.3) is 0 Å². The van der Waals surface area contributed by atoms with Crippen molar-refractivity contribution < 1.29 is 20.1 Å². The third-order valence-electron chi connectivity index (χ3n) is 2.46. The maximum atomic E-state index is 9.78. The number of methoxy groups -OCH3 is 1. The quantitative estimate of drug-likeness (QED) is 0.701. The van der Waals surface area contributed by atoms with Crippen LogP contribution in [0.15, 0.2) is 18.2 Å². The van der Waals surface area contributed by atoms with E-state index in [0.717, 1.165) is 0 Å². The fraction of sp³-hybridized carbons (Fsp3) is 0.500. The summed E-state index contributed by atoms with van der Waals surface area (Å²) in [5.74, 6) is 0.565. The molecule has 0 aromatic heterocycles. The highest BCUT2D eigenvalue weighted by Crippen LogP contribution is 2.23. The van der Waals surface area contributed by atoms with Crippen LogP contribution in [-0.2, 0) is 6.42 Å². The second-order valence-corrected chi connectivity index (χ2v) is 5.20. The molecule has 1 aromatic rings. The molecule has 0 spiro atoms. The minimum atomic E-state index is -0.984. The van der Waals surface area contributed by atoms with Gasteiger partial charge in [-0.15, -0.1) is 23.2 Å². The monoisotopic (exact) mass is 294 g/mol. The van der Waals surface area contributed by atoms with Gasteiger partial charge in [-0.05, 0) is 24.1 Å².